The quantitative estimate of drug-likeness (QED) is 0.730. The molecule has 8 nitrogen and oxygen atoms in total. The van der Waals surface area contributed by atoms with Crippen molar-refractivity contribution in [1.82, 2.24) is 20.3 Å². The maximum atomic E-state index is 12.6. The number of amides is 1. The average molecular weight is 332 g/mol. The number of carbonyl (C=O) groups is 2. The molecule has 1 aromatic carbocycles. The lowest BCUT2D eigenvalue weighted by atomic mass is 10.0. The molecule has 0 bridgehead atoms. The van der Waals surface area contributed by atoms with E-state index in [1.54, 1.807) is 24.3 Å². The van der Waals surface area contributed by atoms with Crippen molar-refractivity contribution in [3.8, 4) is 0 Å². The van der Waals surface area contributed by atoms with E-state index in [-0.39, 0.29) is 30.3 Å². The van der Waals surface area contributed by atoms with Gasteiger partial charge in [0.15, 0.2) is 0 Å². The summed E-state index contributed by atoms with van der Waals surface area (Å²) in [5.74, 6) is -1.47. The SMILES string of the molecule is CC(C)[C@@H](C(=O)NCCCC(=O)O)n1nnc2ccccc2c1=O. The highest BCUT2D eigenvalue weighted by molar-refractivity contribution is 5.81. The molecule has 1 amide bonds. The predicted molar refractivity (Wildman–Crippen MR) is 87.6 cm³/mol. The van der Waals surface area contributed by atoms with Crippen LogP contribution >= 0.6 is 0 Å². The minimum atomic E-state index is -0.915. The molecule has 2 rings (SSSR count). The summed E-state index contributed by atoms with van der Waals surface area (Å²) in [6, 6.07) is 6.01. The van der Waals surface area contributed by atoms with E-state index in [1.165, 1.54) is 0 Å². The van der Waals surface area contributed by atoms with Gasteiger partial charge in [-0.05, 0) is 24.5 Å². The van der Waals surface area contributed by atoms with Crippen molar-refractivity contribution in [2.24, 2.45) is 5.92 Å². The van der Waals surface area contributed by atoms with Crippen molar-refractivity contribution >= 4 is 22.8 Å². The standard InChI is InChI=1S/C16H20N4O4/c1-10(2)14(15(23)17-9-5-8-13(21)22)20-16(24)11-6-3-4-7-12(11)18-19-20/h3-4,6-7,10,14H,5,8-9H2,1-2H3,(H,17,23)(H,21,22)/t14-/m0/s1. The number of hydrogen-bond acceptors (Lipinski definition) is 5. The van der Waals surface area contributed by atoms with E-state index in [9.17, 15) is 14.4 Å². The molecule has 2 aromatic rings. The molecule has 0 aliphatic carbocycles. The minimum Gasteiger partial charge on any atom is -0.481 e. The van der Waals surface area contributed by atoms with E-state index in [1.807, 2.05) is 13.8 Å². The highest BCUT2D eigenvalue weighted by Crippen LogP contribution is 2.16. The molecule has 2 N–H and O–H groups in total. The van der Waals surface area contributed by atoms with Crippen molar-refractivity contribution in [1.29, 1.82) is 0 Å². The number of carboxylic acids is 1. The van der Waals surface area contributed by atoms with Gasteiger partial charge in [-0.15, -0.1) is 5.10 Å². The normalized spacial score (nSPS) is 12.3. The number of aromatic nitrogens is 3. The predicted octanol–water partition coefficient (Wildman–Crippen LogP) is 0.970. The zero-order chi connectivity index (χ0) is 17.7. The summed E-state index contributed by atoms with van der Waals surface area (Å²) in [7, 11) is 0. The fraction of sp³-hybridized carbons (Fsp3) is 0.438. The van der Waals surface area contributed by atoms with Gasteiger partial charge in [0.2, 0.25) is 5.91 Å². The average Bonchev–Trinajstić information content (AvgIpc) is 2.54. The van der Waals surface area contributed by atoms with Crippen LogP contribution in [0.25, 0.3) is 10.9 Å². The van der Waals surface area contributed by atoms with Gasteiger partial charge in [0.05, 0.1) is 5.39 Å². The molecule has 0 saturated carbocycles. The summed E-state index contributed by atoms with van der Waals surface area (Å²) in [5, 5.41) is 19.6. The first-order valence-electron chi connectivity index (χ1n) is 7.75. The van der Waals surface area contributed by atoms with Crippen LogP contribution in [0.3, 0.4) is 0 Å². The zero-order valence-electron chi connectivity index (χ0n) is 13.6. The first-order chi connectivity index (χ1) is 11.4. The molecule has 1 heterocycles. The Morgan fingerprint density at radius 3 is 2.67 bits per heavy atom. The number of aliphatic carboxylic acids is 1. The largest absolute Gasteiger partial charge is 0.481 e. The second kappa shape index (κ2) is 7.67. The van der Waals surface area contributed by atoms with Crippen molar-refractivity contribution < 1.29 is 14.7 Å². The monoisotopic (exact) mass is 332 g/mol. The third-order valence-electron chi connectivity index (χ3n) is 3.62. The molecular weight excluding hydrogens is 312 g/mol. The van der Waals surface area contributed by atoms with Crippen molar-refractivity contribution in [3.63, 3.8) is 0 Å². The molecule has 0 unspecified atom stereocenters. The van der Waals surface area contributed by atoms with Gasteiger partial charge in [0.1, 0.15) is 11.6 Å². The Hall–Kier alpha value is -2.77. The van der Waals surface area contributed by atoms with Crippen molar-refractivity contribution in [2.45, 2.75) is 32.7 Å². The van der Waals surface area contributed by atoms with Crippen LogP contribution in [0, 0.1) is 5.92 Å². The van der Waals surface area contributed by atoms with Crippen LogP contribution in [-0.2, 0) is 9.59 Å². The van der Waals surface area contributed by atoms with Crippen LogP contribution in [0.1, 0.15) is 32.7 Å². The number of benzene rings is 1. The number of carbonyl (C=O) groups excluding carboxylic acids is 1. The van der Waals surface area contributed by atoms with Crippen LogP contribution in [0.15, 0.2) is 29.1 Å². The third-order valence-corrected chi connectivity index (χ3v) is 3.62. The van der Waals surface area contributed by atoms with Crippen LogP contribution in [0.5, 0.6) is 0 Å². The number of hydrogen-bond donors (Lipinski definition) is 2. The number of fused-ring (bicyclic) bond motifs is 1. The molecule has 0 fully saturated rings. The third kappa shape index (κ3) is 3.95. The van der Waals surface area contributed by atoms with Gasteiger partial charge in [-0.1, -0.05) is 31.2 Å². The van der Waals surface area contributed by atoms with Crippen molar-refractivity contribution in [2.75, 3.05) is 6.54 Å². The van der Waals surface area contributed by atoms with E-state index < -0.39 is 12.0 Å². The Labute approximate surface area is 138 Å². The van der Waals surface area contributed by atoms with Gasteiger partial charge >= 0.3 is 5.97 Å². The van der Waals surface area contributed by atoms with E-state index in [2.05, 4.69) is 15.6 Å². The molecule has 128 valence electrons. The molecule has 1 aromatic heterocycles. The Balaban J connectivity index is 2.24. The maximum absolute atomic E-state index is 12.6. The molecule has 0 aliphatic heterocycles. The fourth-order valence-electron chi connectivity index (χ4n) is 2.44. The molecule has 0 radical (unpaired) electrons. The topological polar surface area (TPSA) is 114 Å². The summed E-state index contributed by atoms with van der Waals surface area (Å²) in [6.07, 6.45) is 0.298. The Kier molecular flexibility index (Phi) is 5.62. The van der Waals surface area contributed by atoms with Gasteiger partial charge in [0, 0.05) is 13.0 Å². The first kappa shape index (κ1) is 17.6. The molecule has 8 heteroatoms. The number of nitrogens with zero attached hydrogens (tertiary/aromatic N) is 3. The number of rotatable bonds is 7. The first-order valence-corrected chi connectivity index (χ1v) is 7.75. The minimum absolute atomic E-state index is 0.0254. The van der Waals surface area contributed by atoms with E-state index in [4.69, 9.17) is 5.11 Å². The van der Waals surface area contributed by atoms with Gasteiger partial charge in [-0.3, -0.25) is 14.4 Å². The van der Waals surface area contributed by atoms with Crippen LogP contribution in [0.2, 0.25) is 0 Å². The lowest BCUT2D eigenvalue weighted by molar-refractivity contribution is -0.137. The van der Waals surface area contributed by atoms with Gasteiger partial charge in [-0.2, -0.15) is 4.68 Å². The highest BCUT2D eigenvalue weighted by Gasteiger charge is 2.27. The van der Waals surface area contributed by atoms with Crippen LogP contribution in [0.4, 0.5) is 0 Å². The molecule has 0 saturated heterocycles. The van der Waals surface area contributed by atoms with Gasteiger partial charge in [0.25, 0.3) is 5.56 Å². The Bertz CT molecular complexity index is 800. The fourth-order valence-corrected chi connectivity index (χ4v) is 2.44. The lowest BCUT2D eigenvalue weighted by Crippen LogP contribution is -2.41. The smallest absolute Gasteiger partial charge is 0.303 e. The lowest BCUT2D eigenvalue weighted by Gasteiger charge is -2.21. The Morgan fingerprint density at radius 2 is 2.00 bits per heavy atom. The zero-order valence-corrected chi connectivity index (χ0v) is 13.6. The molecular formula is C16H20N4O4. The number of carboxylic acid groups (broad SMARTS) is 1. The van der Waals surface area contributed by atoms with Gasteiger partial charge < -0.3 is 10.4 Å². The summed E-state index contributed by atoms with van der Waals surface area (Å²) >= 11 is 0. The summed E-state index contributed by atoms with van der Waals surface area (Å²) in [5.41, 5.74) is 0.100. The van der Waals surface area contributed by atoms with E-state index in [0.29, 0.717) is 17.3 Å². The summed E-state index contributed by atoms with van der Waals surface area (Å²) in [6.45, 7) is 3.85. The van der Waals surface area contributed by atoms with Crippen LogP contribution < -0.4 is 10.9 Å². The summed E-state index contributed by atoms with van der Waals surface area (Å²) < 4.78 is 1.10. The molecule has 0 aliphatic rings. The highest BCUT2D eigenvalue weighted by atomic mass is 16.4. The number of nitrogens with one attached hydrogen (secondary N) is 1. The molecule has 24 heavy (non-hydrogen) atoms. The summed E-state index contributed by atoms with van der Waals surface area (Å²) in [4.78, 5) is 35.5. The van der Waals surface area contributed by atoms with Crippen molar-refractivity contribution in [3.05, 3.63) is 34.6 Å². The van der Waals surface area contributed by atoms with E-state index in [0.717, 1.165) is 4.68 Å². The second-order valence-corrected chi connectivity index (χ2v) is 5.83. The second-order valence-electron chi connectivity index (χ2n) is 5.83. The Morgan fingerprint density at radius 1 is 1.29 bits per heavy atom. The van der Waals surface area contributed by atoms with Gasteiger partial charge in [-0.25, -0.2) is 0 Å². The molecule has 0 spiro atoms. The molecule has 1 atom stereocenters. The van der Waals surface area contributed by atoms with E-state index >= 15 is 0 Å². The van der Waals surface area contributed by atoms with Crippen LogP contribution in [-0.4, -0.2) is 38.5 Å². The maximum Gasteiger partial charge on any atom is 0.303 e.